The lowest BCUT2D eigenvalue weighted by molar-refractivity contribution is 1.60. The second kappa shape index (κ2) is 30.5. The molecule has 0 saturated carbocycles. The molecule has 0 heterocycles. The van der Waals surface area contributed by atoms with Gasteiger partial charge in [0, 0.05) is 0 Å². The number of rotatable bonds is 8. The van der Waals surface area contributed by atoms with E-state index in [0.717, 1.165) is 0 Å². The van der Waals surface area contributed by atoms with Crippen molar-refractivity contribution in [1.82, 2.24) is 0 Å². The van der Waals surface area contributed by atoms with Crippen molar-refractivity contribution >= 4 is 140 Å². The molecule has 26 aromatic carbocycles. The standard InChI is InChI=1S/C50H28.C42H28.C38H24/c1-3-13-31-29(11-1)39-19-9-21-41-37(23-25-43(31)49(39)41)45-27-47-36-18-8-6-16-34(36)46(28-48(47)35-17-7-5-15-33(35)45)38-24-26-44-32-14-4-2-12-30(32)40-20-10-22-42(38)50(40)44;1-3-11-29(12-4-1)31-19-23-33(24-20-31)39-27-41-38-18-10-8-16-36(38)40(28-42(41)37-17-9-7-15-35(37)39)34-25-21-32(22-26-34)30-13-5-2-6-14-30;1-2-12-27-22-28(21-20-25(27)10-1)35-23-37-34-18-8-7-17-33(34)36(24-38(37)32-16-6-5-15-31(32)35)30-19-9-13-26-11-3-4-14-29(26)30/h1-28H;1-28H;1-24H. The minimum atomic E-state index is 1.23. The molecular weight excluding hydrogens is 1560 g/mol. The number of hydrogen-bond donors (Lipinski definition) is 0. The average Bonchev–Trinajstić information content (AvgIpc) is 1.69. The quantitative estimate of drug-likeness (QED) is 0.133. The van der Waals surface area contributed by atoms with Gasteiger partial charge in [0.15, 0.2) is 0 Å². The lowest BCUT2D eigenvalue weighted by Crippen LogP contribution is -1.91. The van der Waals surface area contributed by atoms with Crippen LogP contribution in [0.2, 0.25) is 0 Å². The van der Waals surface area contributed by atoms with Crippen LogP contribution in [0.1, 0.15) is 0 Å². The summed E-state index contributed by atoms with van der Waals surface area (Å²) in [5, 5.41) is 33.6. The Kier molecular flexibility index (Phi) is 17.5. The lowest BCUT2D eigenvalue weighted by atomic mass is 9.85. The fourth-order valence-corrected chi connectivity index (χ4v) is 22.1. The van der Waals surface area contributed by atoms with E-state index in [1.165, 1.54) is 274 Å². The van der Waals surface area contributed by atoms with Gasteiger partial charge < -0.3 is 0 Å². The number of benzene rings is 26. The predicted octanol–water partition coefficient (Wildman–Crippen LogP) is 36.7. The zero-order valence-electron chi connectivity index (χ0n) is 71.2. The molecule has 0 atom stereocenters. The normalized spacial score (nSPS) is 11.8. The molecule has 0 spiro atoms. The van der Waals surface area contributed by atoms with E-state index >= 15 is 0 Å². The zero-order chi connectivity index (χ0) is 85.4. The Morgan fingerprint density at radius 3 is 0.685 bits per heavy atom. The molecule has 130 heavy (non-hydrogen) atoms. The fourth-order valence-electron chi connectivity index (χ4n) is 22.1. The minimum Gasteiger partial charge on any atom is -0.0622 e. The van der Waals surface area contributed by atoms with Gasteiger partial charge in [-0.05, 0) is 316 Å². The molecule has 0 saturated heterocycles. The Hall–Kier alpha value is -16.9. The van der Waals surface area contributed by atoms with Gasteiger partial charge in [-0.25, -0.2) is 0 Å². The van der Waals surface area contributed by atoms with E-state index in [0.29, 0.717) is 0 Å². The summed E-state index contributed by atoms with van der Waals surface area (Å²) < 4.78 is 0. The molecule has 0 amide bonds. The monoisotopic (exact) mass is 1640 g/mol. The molecule has 0 nitrogen and oxygen atoms in total. The molecule has 0 heteroatoms. The van der Waals surface area contributed by atoms with Crippen molar-refractivity contribution in [3.8, 4) is 134 Å². The van der Waals surface area contributed by atoms with Gasteiger partial charge in [-0.1, -0.05) is 443 Å². The van der Waals surface area contributed by atoms with E-state index in [9.17, 15) is 0 Å². The van der Waals surface area contributed by atoms with E-state index in [-0.39, 0.29) is 0 Å². The minimum absolute atomic E-state index is 1.23. The Morgan fingerprint density at radius 2 is 0.300 bits per heavy atom. The van der Waals surface area contributed by atoms with E-state index in [1.54, 1.807) is 0 Å². The maximum absolute atomic E-state index is 2.47. The van der Waals surface area contributed by atoms with Crippen LogP contribution in [0.4, 0.5) is 0 Å². The number of hydrogen-bond acceptors (Lipinski definition) is 0. The molecule has 0 fully saturated rings. The van der Waals surface area contributed by atoms with Gasteiger partial charge in [0.05, 0.1) is 0 Å². The summed E-state index contributed by atoms with van der Waals surface area (Å²) in [6.45, 7) is 0. The van der Waals surface area contributed by atoms with Crippen molar-refractivity contribution in [2.75, 3.05) is 0 Å². The highest BCUT2D eigenvalue weighted by Crippen LogP contribution is 2.55. The summed E-state index contributed by atoms with van der Waals surface area (Å²) in [6, 6.07) is 179. The van der Waals surface area contributed by atoms with Crippen molar-refractivity contribution in [3.05, 3.63) is 485 Å². The van der Waals surface area contributed by atoms with Gasteiger partial charge >= 0.3 is 0 Å². The summed E-state index contributed by atoms with van der Waals surface area (Å²) in [5.74, 6) is 0. The first-order valence-electron chi connectivity index (χ1n) is 45.2. The van der Waals surface area contributed by atoms with Crippen molar-refractivity contribution < 1.29 is 0 Å². The first-order valence-corrected chi connectivity index (χ1v) is 45.2. The predicted molar refractivity (Wildman–Crippen MR) is 559 cm³/mol. The van der Waals surface area contributed by atoms with Crippen LogP contribution < -0.4 is 0 Å². The summed E-state index contributed by atoms with van der Waals surface area (Å²) in [5.41, 5.74) is 30.9. The molecule has 2 aliphatic rings. The second-order valence-corrected chi connectivity index (χ2v) is 34.9. The van der Waals surface area contributed by atoms with Gasteiger partial charge in [0.1, 0.15) is 0 Å². The molecule has 600 valence electrons. The third-order valence-electron chi connectivity index (χ3n) is 28.1. The Morgan fingerprint density at radius 1 is 0.0769 bits per heavy atom. The lowest BCUT2D eigenvalue weighted by Gasteiger charge is -2.18. The van der Waals surface area contributed by atoms with Crippen LogP contribution >= 0.6 is 0 Å². The van der Waals surface area contributed by atoms with Crippen LogP contribution in [0.15, 0.2) is 485 Å². The number of fused-ring (bicyclic) bond motifs is 23. The van der Waals surface area contributed by atoms with Crippen molar-refractivity contribution in [1.29, 1.82) is 0 Å². The van der Waals surface area contributed by atoms with Crippen molar-refractivity contribution in [2.24, 2.45) is 0 Å². The van der Waals surface area contributed by atoms with Gasteiger partial charge in [-0.15, -0.1) is 0 Å². The van der Waals surface area contributed by atoms with E-state index in [2.05, 4.69) is 485 Å². The molecule has 28 rings (SSSR count). The molecule has 0 radical (unpaired) electrons. The average molecular weight is 1640 g/mol. The fraction of sp³-hybridized carbons (Fsp3) is 0. The maximum atomic E-state index is 2.47. The molecule has 2 aliphatic carbocycles. The van der Waals surface area contributed by atoms with Gasteiger partial charge in [0.25, 0.3) is 0 Å². The van der Waals surface area contributed by atoms with Crippen LogP contribution in [-0.4, -0.2) is 0 Å². The maximum Gasteiger partial charge on any atom is -0.00201 e. The third-order valence-corrected chi connectivity index (χ3v) is 28.1. The highest BCUT2D eigenvalue weighted by atomic mass is 14.3. The molecule has 0 aromatic heterocycles. The SMILES string of the molecule is c1ccc(-c2ccc(-c3cc4c5ccccc5c(-c5ccc(-c6ccccc6)cc5)cc4c4ccccc34)cc2)cc1.c1ccc2c(c1)-c1cccc3c(-c4cc5c6ccccc6c(-c6ccc7c8c(cccc68)-c6ccccc6-7)cc5c5ccccc45)ccc-2c13.c1ccc2cc(-c3cc4c5ccccc5c(-c5cccc6ccccc56)cc4c4ccccc34)ccc2c1. The summed E-state index contributed by atoms with van der Waals surface area (Å²) in [4.78, 5) is 0. The first-order chi connectivity index (χ1) is 64.5. The van der Waals surface area contributed by atoms with Crippen molar-refractivity contribution in [3.63, 3.8) is 0 Å². The molecule has 0 bridgehead atoms. The second-order valence-electron chi connectivity index (χ2n) is 34.9. The highest BCUT2D eigenvalue weighted by molar-refractivity contribution is 6.31. The van der Waals surface area contributed by atoms with E-state index < -0.39 is 0 Å². The zero-order valence-corrected chi connectivity index (χ0v) is 71.2. The van der Waals surface area contributed by atoms with Crippen LogP contribution in [0.3, 0.4) is 0 Å². The Labute approximate surface area is 753 Å². The molecule has 26 aromatic rings. The largest absolute Gasteiger partial charge is 0.0622 e. The van der Waals surface area contributed by atoms with Crippen molar-refractivity contribution in [2.45, 2.75) is 0 Å². The van der Waals surface area contributed by atoms with Crippen LogP contribution in [-0.2, 0) is 0 Å². The van der Waals surface area contributed by atoms with Crippen LogP contribution in [0.25, 0.3) is 274 Å². The van der Waals surface area contributed by atoms with Crippen LogP contribution in [0, 0.1) is 0 Å². The van der Waals surface area contributed by atoms with Gasteiger partial charge in [0.2, 0.25) is 0 Å². The van der Waals surface area contributed by atoms with Gasteiger partial charge in [-0.3, -0.25) is 0 Å². The summed E-state index contributed by atoms with van der Waals surface area (Å²) in [6.07, 6.45) is 0. The first kappa shape index (κ1) is 74.5. The molecule has 0 N–H and O–H groups in total. The Bertz CT molecular complexity index is 8750. The summed E-state index contributed by atoms with van der Waals surface area (Å²) in [7, 11) is 0. The van der Waals surface area contributed by atoms with E-state index in [1.807, 2.05) is 0 Å². The smallest absolute Gasteiger partial charge is 0.00201 e. The third kappa shape index (κ3) is 12.1. The van der Waals surface area contributed by atoms with E-state index in [4.69, 9.17) is 0 Å². The van der Waals surface area contributed by atoms with Crippen LogP contribution in [0.5, 0.6) is 0 Å². The summed E-state index contributed by atoms with van der Waals surface area (Å²) >= 11 is 0. The molecular formula is C130H80. The van der Waals surface area contributed by atoms with Gasteiger partial charge in [-0.2, -0.15) is 0 Å². The topological polar surface area (TPSA) is 0 Å². The Balaban J connectivity index is 0.000000104. The molecule has 0 aliphatic heterocycles. The molecule has 0 unspecified atom stereocenters. The highest BCUT2D eigenvalue weighted by Gasteiger charge is 2.28.